The average molecular weight is 336 g/mol. The minimum atomic E-state index is -0.370. The summed E-state index contributed by atoms with van der Waals surface area (Å²) in [5.74, 6) is 1.24. The normalized spacial score (nSPS) is 12.2. The molecule has 1 unspecified atom stereocenters. The molecule has 0 spiro atoms. The van der Waals surface area contributed by atoms with Crippen molar-refractivity contribution in [2.24, 2.45) is 0 Å². The zero-order valence-corrected chi connectivity index (χ0v) is 14.7. The first-order valence-corrected chi connectivity index (χ1v) is 8.25. The molecule has 2 aromatic rings. The Balaban J connectivity index is 2.18. The number of ketones is 1. The topological polar surface area (TPSA) is 74.3 Å². The first-order chi connectivity index (χ1) is 10.8. The highest BCUT2D eigenvalue weighted by atomic mass is 32.2. The summed E-state index contributed by atoms with van der Waals surface area (Å²) in [4.78, 5) is 23.8. The minimum absolute atomic E-state index is 0.0229. The molecule has 0 radical (unpaired) electrons. The van der Waals surface area contributed by atoms with Crippen molar-refractivity contribution in [1.29, 1.82) is 0 Å². The molecule has 0 bridgehead atoms. The fourth-order valence-electron chi connectivity index (χ4n) is 2.37. The van der Waals surface area contributed by atoms with E-state index in [0.717, 1.165) is 11.4 Å². The second-order valence-electron chi connectivity index (χ2n) is 5.32. The summed E-state index contributed by atoms with van der Waals surface area (Å²) in [7, 11) is 1.34. The van der Waals surface area contributed by atoms with E-state index >= 15 is 0 Å². The Kier molecular flexibility index (Phi) is 5.30. The van der Waals surface area contributed by atoms with E-state index in [0.29, 0.717) is 17.1 Å². The lowest BCUT2D eigenvalue weighted by molar-refractivity contribution is -0.139. The summed E-state index contributed by atoms with van der Waals surface area (Å²) >= 11 is 1.27. The molecule has 0 aliphatic rings. The number of thioether (sulfide) groups is 1. The molecule has 23 heavy (non-hydrogen) atoms. The largest absolute Gasteiger partial charge is 0.468 e. The highest BCUT2D eigenvalue weighted by Gasteiger charge is 2.21. The molecule has 0 aliphatic heterocycles. The number of nitrogens with zero attached hydrogens (tertiary/aromatic N) is 2. The van der Waals surface area contributed by atoms with Crippen LogP contribution in [0.1, 0.15) is 34.4 Å². The van der Waals surface area contributed by atoms with Gasteiger partial charge in [0.05, 0.1) is 12.9 Å². The van der Waals surface area contributed by atoms with E-state index < -0.39 is 0 Å². The standard InChI is InChI=1S/C16H20N2O4S/c1-9-6-13(14(19)8-23-12(4)16(20)21-5)11(3)18(9)15-7-10(2)22-17-15/h6-7,12H,8H2,1-5H3. The van der Waals surface area contributed by atoms with Crippen molar-refractivity contribution >= 4 is 23.5 Å². The molecule has 124 valence electrons. The highest BCUT2D eigenvalue weighted by molar-refractivity contribution is 8.01. The zero-order chi connectivity index (χ0) is 17.1. The number of ether oxygens (including phenoxy) is 1. The van der Waals surface area contributed by atoms with Crippen molar-refractivity contribution in [1.82, 2.24) is 9.72 Å². The number of esters is 1. The second kappa shape index (κ2) is 7.04. The van der Waals surface area contributed by atoms with E-state index in [4.69, 9.17) is 4.52 Å². The Hall–Kier alpha value is -2.02. The van der Waals surface area contributed by atoms with Crippen molar-refractivity contribution in [3.63, 3.8) is 0 Å². The Morgan fingerprint density at radius 1 is 1.35 bits per heavy atom. The fraction of sp³-hybridized carbons (Fsp3) is 0.438. The van der Waals surface area contributed by atoms with Gasteiger partial charge in [-0.3, -0.25) is 14.2 Å². The fourth-order valence-corrected chi connectivity index (χ4v) is 3.16. The SMILES string of the molecule is COC(=O)C(C)SCC(=O)c1cc(C)n(-c2cc(C)on2)c1C. The molecule has 0 fully saturated rings. The van der Waals surface area contributed by atoms with Gasteiger partial charge in [0.15, 0.2) is 11.6 Å². The smallest absolute Gasteiger partial charge is 0.318 e. The van der Waals surface area contributed by atoms with Crippen LogP contribution < -0.4 is 0 Å². The van der Waals surface area contributed by atoms with Crippen LogP contribution in [-0.4, -0.2) is 39.6 Å². The summed E-state index contributed by atoms with van der Waals surface area (Å²) < 4.78 is 11.7. The summed E-state index contributed by atoms with van der Waals surface area (Å²) in [6.07, 6.45) is 0. The Morgan fingerprint density at radius 3 is 2.61 bits per heavy atom. The minimum Gasteiger partial charge on any atom is -0.468 e. The second-order valence-corrected chi connectivity index (χ2v) is 6.64. The predicted molar refractivity (Wildman–Crippen MR) is 88.3 cm³/mol. The van der Waals surface area contributed by atoms with E-state index in [9.17, 15) is 9.59 Å². The van der Waals surface area contributed by atoms with Crippen LogP contribution in [0.5, 0.6) is 0 Å². The number of carbonyl (C=O) groups excluding carboxylic acids is 2. The van der Waals surface area contributed by atoms with Gasteiger partial charge in [0, 0.05) is 23.0 Å². The summed E-state index contributed by atoms with van der Waals surface area (Å²) in [6.45, 7) is 7.34. The number of aromatic nitrogens is 2. The molecule has 7 heteroatoms. The molecule has 1 atom stereocenters. The van der Waals surface area contributed by atoms with Crippen molar-refractivity contribution in [3.05, 3.63) is 34.8 Å². The number of aryl methyl sites for hydroxylation is 2. The van der Waals surface area contributed by atoms with Crippen LogP contribution in [0.2, 0.25) is 0 Å². The number of hydrogen-bond acceptors (Lipinski definition) is 6. The van der Waals surface area contributed by atoms with Crippen LogP contribution in [0.4, 0.5) is 0 Å². The van der Waals surface area contributed by atoms with Gasteiger partial charge in [-0.25, -0.2) is 0 Å². The number of Topliss-reactive ketones (excluding diaryl/α,β-unsaturated/α-hetero) is 1. The molecule has 0 saturated carbocycles. The summed E-state index contributed by atoms with van der Waals surface area (Å²) in [5, 5.41) is 3.63. The van der Waals surface area contributed by atoms with Crippen LogP contribution >= 0.6 is 11.8 Å². The van der Waals surface area contributed by atoms with Gasteiger partial charge in [0.1, 0.15) is 11.0 Å². The Morgan fingerprint density at radius 2 is 2.04 bits per heavy atom. The summed E-state index contributed by atoms with van der Waals surface area (Å²) in [6, 6.07) is 3.66. The molecule has 2 heterocycles. The molecular formula is C16H20N2O4S. The molecule has 0 N–H and O–H groups in total. The molecule has 2 aromatic heterocycles. The van der Waals surface area contributed by atoms with Crippen LogP contribution in [0.15, 0.2) is 16.7 Å². The van der Waals surface area contributed by atoms with Crippen LogP contribution in [-0.2, 0) is 9.53 Å². The van der Waals surface area contributed by atoms with Crippen molar-refractivity contribution < 1.29 is 18.8 Å². The average Bonchev–Trinajstić information content (AvgIpc) is 3.06. The number of hydrogen-bond donors (Lipinski definition) is 0. The van der Waals surface area contributed by atoms with Crippen molar-refractivity contribution in [3.8, 4) is 5.82 Å². The third kappa shape index (κ3) is 3.67. The Bertz CT molecular complexity index is 733. The van der Waals surface area contributed by atoms with E-state index in [1.807, 2.05) is 37.5 Å². The van der Waals surface area contributed by atoms with Gasteiger partial charge in [-0.05, 0) is 33.8 Å². The van der Waals surface area contributed by atoms with Crippen LogP contribution in [0, 0.1) is 20.8 Å². The first-order valence-electron chi connectivity index (χ1n) is 7.20. The number of methoxy groups -OCH3 is 1. The molecular weight excluding hydrogens is 316 g/mol. The van der Waals surface area contributed by atoms with Crippen LogP contribution in [0.3, 0.4) is 0 Å². The van der Waals surface area contributed by atoms with Gasteiger partial charge in [0.2, 0.25) is 0 Å². The number of carbonyl (C=O) groups is 2. The van der Waals surface area contributed by atoms with Gasteiger partial charge in [-0.1, -0.05) is 5.16 Å². The monoisotopic (exact) mass is 336 g/mol. The summed E-state index contributed by atoms with van der Waals surface area (Å²) in [5.41, 5.74) is 2.35. The lowest BCUT2D eigenvalue weighted by Crippen LogP contribution is -2.17. The van der Waals surface area contributed by atoms with E-state index in [-0.39, 0.29) is 22.8 Å². The maximum atomic E-state index is 12.5. The van der Waals surface area contributed by atoms with Gasteiger partial charge in [-0.2, -0.15) is 0 Å². The van der Waals surface area contributed by atoms with E-state index in [1.54, 1.807) is 6.92 Å². The maximum Gasteiger partial charge on any atom is 0.318 e. The van der Waals surface area contributed by atoms with Gasteiger partial charge >= 0.3 is 5.97 Å². The predicted octanol–water partition coefficient (Wildman–Crippen LogP) is 2.87. The highest BCUT2D eigenvalue weighted by Crippen LogP contribution is 2.23. The molecule has 0 amide bonds. The van der Waals surface area contributed by atoms with Gasteiger partial charge in [-0.15, -0.1) is 11.8 Å². The lowest BCUT2D eigenvalue weighted by Gasteiger charge is -2.08. The van der Waals surface area contributed by atoms with E-state index in [2.05, 4.69) is 9.89 Å². The third-order valence-corrected chi connectivity index (χ3v) is 4.70. The van der Waals surface area contributed by atoms with Crippen LogP contribution in [0.25, 0.3) is 5.82 Å². The molecule has 0 saturated heterocycles. The maximum absolute atomic E-state index is 12.5. The van der Waals surface area contributed by atoms with Gasteiger partial charge < -0.3 is 9.26 Å². The van der Waals surface area contributed by atoms with Crippen molar-refractivity contribution in [2.45, 2.75) is 32.9 Å². The zero-order valence-electron chi connectivity index (χ0n) is 13.9. The van der Waals surface area contributed by atoms with Crippen molar-refractivity contribution in [2.75, 3.05) is 12.9 Å². The van der Waals surface area contributed by atoms with E-state index in [1.165, 1.54) is 18.9 Å². The number of rotatable bonds is 6. The third-order valence-electron chi connectivity index (χ3n) is 3.57. The quantitative estimate of drug-likeness (QED) is 0.596. The molecule has 6 nitrogen and oxygen atoms in total. The molecule has 0 aromatic carbocycles. The lowest BCUT2D eigenvalue weighted by atomic mass is 10.2. The first kappa shape index (κ1) is 17.3. The van der Waals surface area contributed by atoms with Gasteiger partial charge in [0.25, 0.3) is 0 Å². The molecule has 0 aliphatic carbocycles. The Labute approximate surface area is 139 Å². The molecule has 2 rings (SSSR count).